The van der Waals surface area contributed by atoms with Gasteiger partial charge in [0.15, 0.2) is 31.2 Å². The number of methoxy groups -OCH3 is 2. The van der Waals surface area contributed by atoms with E-state index >= 15 is 0 Å². The molecule has 0 amide bonds. The van der Waals surface area contributed by atoms with Crippen LogP contribution in [0.25, 0.3) is 0 Å². The first-order chi connectivity index (χ1) is 11.7. The molecule has 0 bridgehead atoms. The minimum absolute atomic E-state index is 0.207. The molecule has 26 heavy (non-hydrogen) atoms. The molecule has 5 atom stereocenters. The van der Waals surface area contributed by atoms with Crippen molar-refractivity contribution < 1.29 is 27.5 Å². The van der Waals surface area contributed by atoms with E-state index in [1.54, 1.807) is 14.2 Å². The number of ether oxygens (including phenoxy) is 3. The van der Waals surface area contributed by atoms with Gasteiger partial charge in [0.2, 0.25) is 0 Å². The second-order valence-corrected chi connectivity index (χ2v) is 23.2. The molecule has 1 aliphatic rings. The van der Waals surface area contributed by atoms with Crippen LogP contribution in [0.15, 0.2) is 0 Å². The Kier molecular flexibility index (Phi) is 8.72. The zero-order chi connectivity index (χ0) is 20.3. The lowest BCUT2D eigenvalue weighted by Gasteiger charge is -2.35. The summed E-state index contributed by atoms with van der Waals surface area (Å²) < 4.78 is 36.8. The largest absolute Gasteiger partial charge is 0.410 e. The molecule has 1 aliphatic heterocycles. The van der Waals surface area contributed by atoms with Crippen LogP contribution < -0.4 is 0 Å². The second-order valence-electron chi connectivity index (χ2n) is 9.82. The van der Waals surface area contributed by atoms with E-state index in [-0.39, 0.29) is 24.4 Å². The molecule has 1 rings (SSSR count). The van der Waals surface area contributed by atoms with Gasteiger partial charge in [-0.15, -0.1) is 0 Å². The molecular formula is C17H40O6Si3. The third kappa shape index (κ3) is 8.19. The Labute approximate surface area is 163 Å². The average Bonchev–Trinajstić information content (AvgIpc) is 2.70. The highest BCUT2D eigenvalue weighted by atomic mass is 28.4. The Bertz CT molecular complexity index is 430. The van der Waals surface area contributed by atoms with Gasteiger partial charge in [0.05, 0.1) is 12.7 Å². The van der Waals surface area contributed by atoms with Crippen LogP contribution in [-0.2, 0) is 27.5 Å². The highest BCUT2D eigenvalue weighted by Crippen LogP contribution is 2.34. The first-order valence-electron chi connectivity index (χ1n) is 9.37. The van der Waals surface area contributed by atoms with Gasteiger partial charge in [-0.1, -0.05) is 0 Å². The Morgan fingerprint density at radius 2 is 1.31 bits per heavy atom. The van der Waals surface area contributed by atoms with Crippen molar-refractivity contribution in [2.75, 3.05) is 20.8 Å². The van der Waals surface area contributed by atoms with Gasteiger partial charge in [-0.25, -0.2) is 0 Å². The van der Waals surface area contributed by atoms with Gasteiger partial charge in [-0.3, -0.25) is 0 Å². The molecule has 1 saturated heterocycles. The minimum atomic E-state index is -1.83. The standard InChI is InChI=1S/C17H40O6Si3/c1-18-12-13(21-24(3,4)5)14-15(22-25(6,7)8)16(19-2)17(20-14)23-26(9,10)11/h13-17H,12H2,1-11H3/t13-,14+,15+,16-,17?/m1/s1. The zero-order valence-electron chi connectivity index (χ0n) is 18.5. The maximum Gasteiger partial charge on any atom is 0.187 e. The summed E-state index contributed by atoms with van der Waals surface area (Å²) in [6.07, 6.45) is -1.43. The lowest BCUT2D eigenvalue weighted by atomic mass is 10.1. The van der Waals surface area contributed by atoms with Gasteiger partial charge >= 0.3 is 0 Å². The molecule has 9 heteroatoms. The Hall–Kier alpha value is 0.411. The van der Waals surface area contributed by atoms with Crippen LogP contribution in [0.5, 0.6) is 0 Å². The number of hydrogen-bond donors (Lipinski definition) is 0. The van der Waals surface area contributed by atoms with Crippen molar-refractivity contribution >= 4 is 25.0 Å². The number of rotatable bonds is 10. The molecule has 0 saturated carbocycles. The molecule has 1 unspecified atom stereocenters. The van der Waals surface area contributed by atoms with E-state index in [0.29, 0.717) is 6.61 Å². The minimum Gasteiger partial charge on any atom is -0.410 e. The lowest BCUT2D eigenvalue weighted by Crippen LogP contribution is -2.51. The summed E-state index contributed by atoms with van der Waals surface area (Å²) in [5, 5.41) is 0. The van der Waals surface area contributed by atoms with Crippen molar-refractivity contribution in [1.29, 1.82) is 0 Å². The van der Waals surface area contributed by atoms with Crippen LogP contribution in [0.4, 0.5) is 0 Å². The third-order valence-electron chi connectivity index (χ3n) is 3.64. The molecule has 0 aromatic carbocycles. The van der Waals surface area contributed by atoms with Gasteiger partial charge in [0.1, 0.15) is 18.3 Å². The third-order valence-corrected chi connectivity index (χ3v) is 6.57. The SMILES string of the molecule is COC[C@@H](O[Si](C)(C)C)[C@@H]1OC(O[Si](C)(C)C)[C@H](OC)[C@H]1O[Si](C)(C)C. The van der Waals surface area contributed by atoms with E-state index in [4.69, 9.17) is 27.5 Å². The van der Waals surface area contributed by atoms with Crippen LogP contribution in [0.1, 0.15) is 0 Å². The van der Waals surface area contributed by atoms with E-state index in [0.717, 1.165) is 0 Å². The van der Waals surface area contributed by atoms with Crippen LogP contribution in [-0.4, -0.2) is 76.5 Å². The van der Waals surface area contributed by atoms with Gasteiger partial charge in [-0.05, 0) is 58.9 Å². The summed E-state index contributed by atoms with van der Waals surface area (Å²) in [5.74, 6) is 0. The smallest absolute Gasteiger partial charge is 0.187 e. The molecule has 0 N–H and O–H groups in total. The fraction of sp³-hybridized carbons (Fsp3) is 1.00. The zero-order valence-corrected chi connectivity index (χ0v) is 21.5. The van der Waals surface area contributed by atoms with Crippen LogP contribution >= 0.6 is 0 Å². The summed E-state index contributed by atoms with van der Waals surface area (Å²) in [7, 11) is -2.04. The van der Waals surface area contributed by atoms with E-state index in [1.807, 2.05) is 0 Å². The summed E-state index contributed by atoms with van der Waals surface area (Å²) in [6.45, 7) is 19.9. The van der Waals surface area contributed by atoms with Gasteiger partial charge < -0.3 is 27.5 Å². The molecule has 1 heterocycles. The molecule has 0 aromatic heterocycles. The van der Waals surface area contributed by atoms with Crippen LogP contribution in [0.2, 0.25) is 58.9 Å². The van der Waals surface area contributed by atoms with Crippen LogP contribution in [0.3, 0.4) is 0 Å². The van der Waals surface area contributed by atoms with Gasteiger partial charge in [0, 0.05) is 14.2 Å². The van der Waals surface area contributed by atoms with Crippen molar-refractivity contribution in [3.63, 3.8) is 0 Å². The molecule has 0 radical (unpaired) electrons. The normalized spacial score (nSPS) is 29.2. The lowest BCUT2D eigenvalue weighted by molar-refractivity contribution is -0.143. The monoisotopic (exact) mass is 424 g/mol. The predicted molar refractivity (Wildman–Crippen MR) is 112 cm³/mol. The van der Waals surface area contributed by atoms with Crippen molar-refractivity contribution in [2.45, 2.75) is 89.6 Å². The van der Waals surface area contributed by atoms with Crippen molar-refractivity contribution in [1.82, 2.24) is 0 Å². The summed E-state index contributed by atoms with van der Waals surface area (Å²) >= 11 is 0. The Morgan fingerprint density at radius 3 is 1.69 bits per heavy atom. The first kappa shape index (κ1) is 24.4. The highest BCUT2D eigenvalue weighted by molar-refractivity contribution is 6.70. The van der Waals surface area contributed by atoms with E-state index in [2.05, 4.69) is 58.9 Å². The van der Waals surface area contributed by atoms with Gasteiger partial charge in [-0.2, -0.15) is 0 Å². The maximum absolute atomic E-state index is 6.51. The van der Waals surface area contributed by atoms with Crippen molar-refractivity contribution in [3.05, 3.63) is 0 Å². The van der Waals surface area contributed by atoms with Crippen LogP contribution in [0, 0.1) is 0 Å². The topological polar surface area (TPSA) is 55.4 Å². The molecule has 156 valence electrons. The van der Waals surface area contributed by atoms with Crippen molar-refractivity contribution in [2.24, 2.45) is 0 Å². The van der Waals surface area contributed by atoms with Crippen molar-refractivity contribution in [3.8, 4) is 0 Å². The van der Waals surface area contributed by atoms with E-state index in [1.165, 1.54) is 0 Å². The Balaban J connectivity index is 3.16. The maximum atomic E-state index is 6.51. The van der Waals surface area contributed by atoms with Gasteiger partial charge in [0.25, 0.3) is 0 Å². The molecule has 0 spiro atoms. The predicted octanol–water partition coefficient (Wildman–Crippen LogP) is 3.66. The molecule has 6 nitrogen and oxygen atoms in total. The molecule has 0 aromatic rings. The molecule has 1 fully saturated rings. The van der Waals surface area contributed by atoms with E-state index < -0.39 is 31.2 Å². The molecular weight excluding hydrogens is 384 g/mol. The summed E-state index contributed by atoms with van der Waals surface area (Å²) in [6, 6.07) is 0. The first-order valence-corrected chi connectivity index (χ1v) is 19.6. The Morgan fingerprint density at radius 1 is 0.769 bits per heavy atom. The summed E-state index contributed by atoms with van der Waals surface area (Å²) in [5.41, 5.74) is 0. The fourth-order valence-corrected chi connectivity index (χ4v) is 6.08. The second kappa shape index (κ2) is 9.27. The quantitative estimate of drug-likeness (QED) is 0.499. The fourth-order valence-electron chi connectivity index (χ4n) is 3.00. The highest BCUT2D eigenvalue weighted by Gasteiger charge is 2.52. The van der Waals surface area contributed by atoms with E-state index in [9.17, 15) is 0 Å². The summed E-state index contributed by atoms with van der Waals surface area (Å²) in [4.78, 5) is 0. The number of hydrogen-bond acceptors (Lipinski definition) is 6. The molecule has 0 aliphatic carbocycles. The average molecular weight is 425 g/mol.